The molecule has 0 aromatic heterocycles. The van der Waals surface area contributed by atoms with E-state index in [0.717, 1.165) is 18.5 Å². The second kappa shape index (κ2) is 5.58. The third kappa shape index (κ3) is 3.57. The van der Waals surface area contributed by atoms with Crippen molar-refractivity contribution in [3.05, 3.63) is 0 Å². The molecule has 0 bridgehead atoms. The second-order valence-electron chi connectivity index (χ2n) is 4.19. The fourth-order valence-electron chi connectivity index (χ4n) is 2.24. The van der Waals surface area contributed by atoms with Crippen LogP contribution in [-0.2, 0) is 0 Å². The Kier molecular flexibility index (Phi) is 4.67. The van der Waals surface area contributed by atoms with E-state index in [9.17, 15) is 0 Å². The lowest BCUT2D eigenvalue weighted by Gasteiger charge is -2.14. The first-order chi connectivity index (χ1) is 5.83. The van der Waals surface area contributed by atoms with Gasteiger partial charge < -0.3 is 5.32 Å². The first kappa shape index (κ1) is 10.0. The summed E-state index contributed by atoms with van der Waals surface area (Å²) in [5.41, 5.74) is 0. The van der Waals surface area contributed by atoms with Crippen LogP contribution >= 0.6 is 0 Å². The van der Waals surface area contributed by atoms with Gasteiger partial charge in [0.05, 0.1) is 0 Å². The maximum Gasteiger partial charge on any atom is 0.00387 e. The number of nitrogens with one attached hydrogen (secondary N) is 1. The summed E-state index contributed by atoms with van der Waals surface area (Å²) in [6.45, 7) is 5.61. The van der Waals surface area contributed by atoms with Crippen LogP contribution < -0.4 is 5.32 Å². The summed E-state index contributed by atoms with van der Waals surface area (Å²) in [5.74, 6) is 1.06. The van der Waals surface area contributed by atoms with Gasteiger partial charge in [-0.2, -0.15) is 0 Å². The fourth-order valence-corrected chi connectivity index (χ4v) is 2.24. The van der Waals surface area contributed by atoms with Gasteiger partial charge in [0.2, 0.25) is 0 Å². The van der Waals surface area contributed by atoms with Crippen LogP contribution in [0.1, 0.15) is 52.4 Å². The smallest absolute Gasteiger partial charge is 0.00387 e. The summed E-state index contributed by atoms with van der Waals surface area (Å²) >= 11 is 0. The molecule has 0 aromatic rings. The highest BCUT2D eigenvalue weighted by Crippen LogP contribution is 2.28. The van der Waals surface area contributed by atoms with E-state index in [1.807, 2.05) is 0 Å². The normalized spacial score (nSPS) is 21.5. The van der Waals surface area contributed by atoms with E-state index in [1.165, 1.54) is 38.5 Å². The molecule has 0 amide bonds. The SMILES string of the molecule is CCNC(C)CCC1CCCC1. The minimum absolute atomic E-state index is 0.732. The molecule has 1 unspecified atom stereocenters. The van der Waals surface area contributed by atoms with Crippen LogP contribution in [0.15, 0.2) is 0 Å². The topological polar surface area (TPSA) is 12.0 Å². The number of hydrogen-bond acceptors (Lipinski definition) is 1. The van der Waals surface area contributed by atoms with Crippen molar-refractivity contribution in [2.45, 2.75) is 58.4 Å². The molecule has 1 saturated carbocycles. The van der Waals surface area contributed by atoms with Crippen LogP contribution in [0.3, 0.4) is 0 Å². The van der Waals surface area contributed by atoms with E-state index >= 15 is 0 Å². The summed E-state index contributed by atoms with van der Waals surface area (Å²) in [7, 11) is 0. The van der Waals surface area contributed by atoms with Crippen molar-refractivity contribution in [3.8, 4) is 0 Å². The largest absolute Gasteiger partial charge is 0.315 e. The fraction of sp³-hybridized carbons (Fsp3) is 1.00. The number of rotatable bonds is 5. The highest BCUT2D eigenvalue weighted by molar-refractivity contribution is 4.70. The molecule has 1 atom stereocenters. The van der Waals surface area contributed by atoms with Crippen LogP contribution in [0.2, 0.25) is 0 Å². The molecule has 1 rings (SSSR count). The lowest BCUT2D eigenvalue weighted by atomic mass is 9.99. The zero-order chi connectivity index (χ0) is 8.81. The summed E-state index contributed by atoms with van der Waals surface area (Å²) in [6, 6.07) is 0.732. The average Bonchev–Trinajstić information content (AvgIpc) is 2.53. The number of hydrogen-bond donors (Lipinski definition) is 1. The second-order valence-corrected chi connectivity index (χ2v) is 4.19. The Hall–Kier alpha value is -0.0400. The molecule has 1 aliphatic rings. The monoisotopic (exact) mass is 169 g/mol. The van der Waals surface area contributed by atoms with E-state index in [0.29, 0.717) is 0 Å². The molecular formula is C11H23N. The van der Waals surface area contributed by atoms with E-state index in [4.69, 9.17) is 0 Å². The zero-order valence-corrected chi connectivity index (χ0v) is 8.60. The molecule has 0 heterocycles. The summed E-state index contributed by atoms with van der Waals surface area (Å²) in [6.07, 6.45) is 8.80. The quantitative estimate of drug-likeness (QED) is 0.667. The van der Waals surface area contributed by atoms with Crippen molar-refractivity contribution in [3.63, 3.8) is 0 Å². The Morgan fingerprint density at radius 3 is 2.58 bits per heavy atom. The molecule has 1 nitrogen and oxygen atoms in total. The molecule has 1 N–H and O–H groups in total. The van der Waals surface area contributed by atoms with Gasteiger partial charge in [-0.15, -0.1) is 0 Å². The lowest BCUT2D eigenvalue weighted by molar-refractivity contribution is 0.425. The predicted molar refractivity (Wildman–Crippen MR) is 54.3 cm³/mol. The average molecular weight is 169 g/mol. The molecule has 1 heteroatoms. The minimum atomic E-state index is 0.732. The summed E-state index contributed by atoms with van der Waals surface area (Å²) in [4.78, 5) is 0. The summed E-state index contributed by atoms with van der Waals surface area (Å²) in [5, 5.41) is 3.47. The van der Waals surface area contributed by atoms with Crippen molar-refractivity contribution in [2.24, 2.45) is 5.92 Å². The molecule has 0 aliphatic heterocycles. The summed E-state index contributed by atoms with van der Waals surface area (Å²) < 4.78 is 0. The van der Waals surface area contributed by atoms with Gasteiger partial charge in [0.15, 0.2) is 0 Å². The van der Waals surface area contributed by atoms with Crippen molar-refractivity contribution in [2.75, 3.05) is 6.54 Å². The zero-order valence-electron chi connectivity index (χ0n) is 8.60. The van der Waals surface area contributed by atoms with E-state index < -0.39 is 0 Å². The van der Waals surface area contributed by atoms with Crippen LogP contribution in [0.4, 0.5) is 0 Å². The van der Waals surface area contributed by atoms with Crippen molar-refractivity contribution < 1.29 is 0 Å². The molecule has 12 heavy (non-hydrogen) atoms. The lowest BCUT2D eigenvalue weighted by Crippen LogP contribution is -2.25. The van der Waals surface area contributed by atoms with E-state index in [1.54, 1.807) is 0 Å². The van der Waals surface area contributed by atoms with Crippen LogP contribution in [0, 0.1) is 5.92 Å². The third-order valence-electron chi connectivity index (χ3n) is 3.04. The van der Waals surface area contributed by atoms with Crippen molar-refractivity contribution >= 4 is 0 Å². The van der Waals surface area contributed by atoms with Gasteiger partial charge in [-0.1, -0.05) is 32.6 Å². The van der Waals surface area contributed by atoms with Gasteiger partial charge in [-0.3, -0.25) is 0 Å². The Morgan fingerprint density at radius 2 is 2.00 bits per heavy atom. The first-order valence-electron chi connectivity index (χ1n) is 5.56. The molecule has 0 saturated heterocycles. The molecule has 1 fully saturated rings. The molecule has 1 aliphatic carbocycles. The first-order valence-corrected chi connectivity index (χ1v) is 5.56. The van der Waals surface area contributed by atoms with Crippen LogP contribution in [0.5, 0.6) is 0 Å². The third-order valence-corrected chi connectivity index (χ3v) is 3.04. The van der Waals surface area contributed by atoms with E-state index in [-0.39, 0.29) is 0 Å². The molecular weight excluding hydrogens is 146 g/mol. The van der Waals surface area contributed by atoms with Crippen molar-refractivity contribution in [1.82, 2.24) is 5.32 Å². The molecule has 72 valence electrons. The Balaban J connectivity index is 1.99. The van der Waals surface area contributed by atoms with Crippen molar-refractivity contribution in [1.29, 1.82) is 0 Å². The van der Waals surface area contributed by atoms with Gasteiger partial charge in [-0.25, -0.2) is 0 Å². The van der Waals surface area contributed by atoms with Gasteiger partial charge in [0, 0.05) is 6.04 Å². The van der Waals surface area contributed by atoms with Gasteiger partial charge in [-0.05, 0) is 32.2 Å². The maximum atomic E-state index is 3.47. The Bertz CT molecular complexity index is 106. The van der Waals surface area contributed by atoms with Crippen LogP contribution in [0.25, 0.3) is 0 Å². The Morgan fingerprint density at radius 1 is 1.33 bits per heavy atom. The van der Waals surface area contributed by atoms with E-state index in [2.05, 4.69) is 19.2 Å². The van der Waals surface area contributed by atoms with Crippen LogP contribution in [-0.4, -0.2) is 12.6 Å². The maximum absolute atomic E-state index is 3.47. The van der Waals surface area contributed by atoms with Gasteiger partial charge in [0.1, 0.15) is 0 Å². The highest BCUT2D eigenvalue weighted by atomic mass is 14.9. The van der Waals surface area contributed by atoms with Gasteiger partial charge >= 0.3 is 0 Å². The standard InChI is InChI=1S/C11H23N/c1-3-12-10(2)8-9-11-6-4-5-7-11/h10-12H,3-9H2,1-2H3. The molecule has 0 aromatic carbocycles. The van der Waals surface area contributed by atoms with Gasteiger partial charge in [0.25, 0.3) is 0 Å². The molecule has 0 radical (unpaired) electrons. The predicted octanol–water partition coefficient (Wildman–Crippen LogP) is 2.95. The molecule has 0 spiro atoms. The minimum Gasteiger partial charge on any atom is -0.315 e. The highest BCUT2D eigenvalue weighted by Gasteiger charge is 2.15. The Labute approximate surface area is 76.9 Å².